The molecule has 20 heavy (non-hydrogen) atoms. The lowest BCUT2D eigenvalue weighted by Crippen LogP contribution is -2.46. The van der Waals surface area contributed by atoms with Crippen LogP contribution in [0.15, 0.2) is 0 Å². The molecule has 0 aliphatic rings. The van der Waals surface area contributed by atoms with Crippen molar-refractivity contribution in [3.63, 3.8) is 0 Å². The Morgan fingerprint density at radius 1 is 1.30 bits per heavy atom. The number of aliphatic carboxylic acids is 1. The highest BCUT2D eigenvalue weighted by Gasteiger charge is 2.18. The molecule has 118 valence electrons. The summed E-state index contributed by atoms with van der Waals surface area (Å²) in [6, 6.07) is -1.27. The Balaban J connectivity index is 3.66. The first-order valence-corrected chi connectivity index (χ1v) is 8.35. The predicted octanol–water partition coefficient (Wildman–Crippen LogP) is 1.70. The molecule has 6 nitrogen and oxygen atoms in total. The lowest BCUT2D eigenvalue weighted by atomic mass is 10.2. The molecule has 0 heterocycles. The second-order valence-electron chi connectivity index (χ2n) is 4.39. The number of hydrogen-bond donors (Lipinski definition) is 3. The topological polar surface area (TPSA) is 87.7 Å². The van der Waals surface area contributed by atoms with Crippen LogP contribution in [0, 0.1) is 0 Å². The Morgan fingerprint density at radius 2 is 2.00 bits per heavy atom. The summed E-state index contributed by atoms with van der Waals surface area (Å²) in [5, 5.41) is 14.1. The predicted molar refractivity (Wildman–Crippen MR) is 81.3 cm³/mol. The van der Waals surface area contributed by atoms with E-state index in [0.29, 0.717) is 25.3 Å². The van der Waals surface area contributed by atoms with Crippen LogP contribution in [0.2, 0.25) is 0 Å². The number of carbonyl (C=O) groups excluding carboxylic acids is 1. The van der Waals surface area contributed by atoms with Gasteiger partial charge in [0.05, 0.1) is 0 Å². The van der Waals surface area contributed by atoms with Crippen molar-refractivity contribution in [2.24, 2.45) is 0 Å². The molecular weight excluding hydrogens is 280 g/mol. The third kappa shape index (κ3) is 10.9. The fraction of sp³-hybridized carbons (Fsp3) is 0.846. The molecule has 0 bridgehead atoms. The summed E-state index contributed by atoms with van der Waals surface area (Å²) in [5.41, 5.74) is 0. The molecule has 3 N–H and O–H groups in total. The number of urea groups is 1. The minimum Gasteiger partial charge on any atom is -0.480 e. The van der Waals surface area contributed by atoms with E-state index in [1.807, 2.05) is 6.26 Å². The SMILES string of the molecule is CCCCOCCCNC(=O)NC(CCSC)C(=O)O. The van der Waals surface area contributed by atoms with Crippen molar-refractivity contribution < 1.29 is 19.4 Å². The molecule has 0 aromatic carbocycles. The number of carboxylic acid groups (broad SMARTS) is 1. The van der Waals surface area contributed by atoms with Crippen LogP contribution in [0.1, 0.15) is 32.6 Å². The van der Waals surface area contributed by atoms with Gasteiger partial charge in [0.2, 0.25) is 0 Å². The third-order valence-electron chi connectivity index (χ3n) is 2.61. The highest BCUT2D eigenvalue weighted by atomic mass is 32.2. The van der Waals surface area contributed by atoms with Crippen LogP contribution in [0.5, 0.6) is 0 Å². The van der Waals surface area contributed by atoms with Gasteiger partial charge in [-0.05, 0) is 31.3 Å². The van der Waals surface area contributed by atoms with Crippen molar-refractivity contribution in [1.82, 2.24) is 10.6 Å². The summed E-state index contributed by atoms with van der Waals surface area (Å²) in [4.78, 5) is 22.5. The van der Waals surface area contributed by atoms with E-state index < -0.39 is 18.0 Å². The number of unbranched alkanes of at least 4 members (excludes halogenated alkanes) is 1. The van der Waals surface area contributed by atoms with Gasteiger partial charge in [0.15, 0.2) is 0 Å². The van der Waals surface area contributed by atoms with E-state index in [1.165, 1.54) is 0 Å². The van der Waals surface area contributed by atoms with E-state index >= 15 is 0 Å². The molecule has 0 spiro atoms. The van der Waals surface area contributed by atoms with Gasteiger partial charge in [0, 0.05) is 19.8 Å². The van der Waals surface area contributed by atoms with Crippen LogP contribution in [-0.4, -0.2) is 54.9 Å². The second-order valence-corrected chi connectivity index (χ2v) is 5.38. The van der Waals surface area contributed by atoms with Crippen LogP contribution in [0.25, 0.3) is 0 Å². The average molecular weight is 306 g/mol. The molecule has 0 fully saturated rings. The van der Waals surface area contributed by atoms with Gasteiger partial charge in [0.25, 0.3) is 0 Å². The number of thioether (sulfide) groups is 1. The summed E-state index contributed by atoms with van der Waals surface area (Å²) >= 11 is 1.55. The molecule has 0 saturated heterocycles. The van der Waals surface area contributed by atoms with E-state index in [4.69, 9.17) is 9.84 Å². The van der Waals surface area contributed by atoms with Crippen LogP contribution in [-0.2, 0) is 9.53 Å². The molecule has 0 saturated carbocycles. The van der Waals surface area contributed by atoms with Gasteiger partial charge >= 0.3 is 12.0 Å². The van der Waals surface area contributed by atoms with Gasteiger partial charge in [-0.2, -0.15) is 11.8 Å². The number of carboxylic acids is 1. The smallest absolute Gasteiger partial charge is 0.326 e. The first kappa shape index (κ1) is 19.1. The van der Waals surface area contributed by atoms with E-state index in [1.54, 1.807) is 11.8 Å². The maximum atomic E-state index is 11.5. The lowest BCUT2D eigenvalue weighted by Gasteiger charge is -2.14. The van der Waals surface area contributed by atoms with Crippen molar-refractivity contribution in [2.75, 3.05) is 31.8 Å². The molecule has 1 atom stereocenters. The van der Waals surface area contributed by atoms with E-state index in [-0.39, 0.29) is 0 Å². The zero-order chi connectivity index (χ0) is 15.2. The molecular formula is C13H26N2O4S. The van der Waals surface area contributed by atoms with Crippen molar-refractivity contribution in [1.29, 1.82) is 0 Å². The number of nitrogens with one attached hydrogen (secondary N) is 2. The number of rotatable bonds is 12. The van der Waals surface area contributed by atoms with Crippen molar-refractivity contribution in [3.8, 4) is 0 Å². The maximum absolute atomic E-state index is 11.5. The van der Waals surface area contributed by atoms with Gasteiger partial charge in [0.1, 0.15) is 6.04 Å². The molecule has 0 aliphatic carbocycles. The van der Waals surface area contributed by atoms with Crippen LogP contribution in [0.3, 0.4) is 0 Å². The van der Waals surface area contributed by atoms with Gasteiger partial charge in [-0.25, -0.2) is 9.59 Å². The Labute approximate surface area is 125 Å². The van der Waals surface area contributed by atoms with Crippen molar-refractivity contribution >= 4 is 23.8 Å². The summed E-state index contributed by atoms with van der Waals surface area (Å²) < 4.78 is 5.36. The Bertz CT molecular complexity index is 277. The zero-order valence-electron chi connectivity index (χ0n) is 12.3. The van der Waals surface area contributed by atoms with Crippen LogP contribution >= 0.6 is 11.8 Å². The standard InChI is InChI=1S/C13H26N2O4S/c1-3-4-8-19-9-5-7-14-13(18)15-11(12(16)17)6-10-20-2/h11H,3-10H2,1-2H3,(H,16,17)(H2,14,15,18). The van der Waals surface area contributed by atoms with Gasteiger partial charge in [-0.3, -0.25) is 0 Å². The summed E-state index contributed by atoms with van der Waals surface area (Å²) in [7, 11) is 0. The fourth-order valence-corrected chi connectivity index (χ4v) is 1.90. The highest BCUT2D eigenvalue weighted by molar-refractivity contribution is 7.98. The average Bonchev–Trinajstić information content (AvgIpc) is 2.42. The fourth-order valence-electron chi connectivity index (χ4n) is 1.43. The Kier molecular flexibility index (Phi) is 12.4. The third-order valence-corrected chi connectivity index (χ3v) is 3.25. The van der Waals surface area contributed by atoms with E-state index in [0.717, 1.165) is 25.9 Å². The largest absolute Gasteiger partial charge is 0.480 e. The molecule has 0 rings (SSSR count). The number of hydrogen-bond acceptors (Lipinski definition) is 4. The first-order chi connectivity index (χ1) is 9.61. The molecule has 7 heteroatoms. The van der Waals surface area contributed by atoms with Crippen LogP contribution in [0.4, 0.5) is 4.79 Å². The zero-order valence-corrected chi connectivity index (χ0v) is 13.1. The van der Waals surface area contributed by atoms with Gasteiger partial charge in [-0.1, -0.05) is 13.3 Å². The molecule has 1 unspecified atom stereocenters. The number of ether oxygens (including phenoxy) is 1. The molecule has 2 amide bonds. The maximum Gasteiger partial charge on any atom is 0.326 e. The molecule has 0 aromatic rings. The summed E-state index contributed by atoms with van der Waals surface area (Å²) in [6.07, 6.45) is 5.19. The monoisotopic (exact) mass is 306 g/mol. The summed E-state index contributed by atoms with van der Waals surface area (Å²) in [6.45, 7) is 3.94. The number of amides is 2. The number of carbonyl (C=O) groups is 2. The van der Waals surface area contributed by atoms with E-state index in [2.05, 4.69) is 17.6 Å². The van der Waals surface area contributed by atoms with Crippen LogP contribution < -0.4 is 10.6 Å². The van der Waals surface area contributed by atoms with Gasteiger partial charge in [-0.15, -0.1) is 0 Å². The first-order valence-electron chi connectivity index (χ1n) is 6.95. The minimum atomic E-state index is -1.00. The molecule has 0 aliphatic heterocycles. The normalized spacial score (nSPS) is 11.9. The van der Waals surface area contributed by atoms with Crippen molar-refractivity contribution in [2.45, 2.75) is 38.6 Å². The van der Waals surface area contributed by atoms with Crippen molar-refractivity contribution in [3.05, 3.63) is 0 Å². The minimum absolute atomic E-state index is 0.421. The summed E-state index contributed by atoms with van der Waals surface area (Å²) in [5.74, 6) is -0.306. The quantitative estimate of drug-likeness (QED) is 0.478. The Hall–Kier alpha value is -0.950. The van der Waals surface area contributed by atoms with Gasteiger partial charge < -0.3 is 20.5 Å². The highest BCUT2D eigenvalue weighted by Crippen LogP contribution is 2.00. The second kappa shape index (κ2) is 13.1. The Morgan fingerprint density at radius 3 is 2.60 bits per heavy atom. The lowest BCUT2D eigenvalue weighted by molar-refractivity contribution is -0.139. The van der Waals surface area contributed by atoms with E-state index in [9.17, 15) is 9.59 Å². The molecule has 0 radical (unpaired) electrons. The molecule has 0 aromatic heterocycles.